The van der Waals surface area contributed by atoms with Crippen molar-refractivity contribution in [3.05, 3.63) is 78.1 Å². The minimum absolute atomic E-state index is 0. The Hall–Kier alpha value is -3.54. The summed E-state index contributed by atoms with van der Waals surface area (Å²) in [6, 6.07) is 11.9. The van der Waals surface area contributed by atoms with Crippen LogP contribution in [0.3, 0.4) is 0 Å². The summed E-state index contributed by atoms with van der Waals surface area (Å²) in [7, 11) is 9.71. The van der Waals surface area contributed by atoms with Gasteiger partial charge in [0.15, 0.2) is 23.0 Å². The number of nitrogens with zero attached hydrogens (tertiary/aromatic N) is 2. The molecule has 2 aromatic carbocycles. The van der Waals surface area contributed by atoms with Crippen LogP contribution in [0.25, 0.3) is 11.3 Å². The van der Waals surface area contributed by atoms with E-state index in [-0.39, 0.29) is 43.3 Å². The van der Waals surface area contributed by atoms with Crippen molar-refractivity contribution < 1.29 is 33.2 Å². The maximum atomic E-state index is 6.41. The van der Waals surface area contributed by atoms with E-state index in [4.69, 9.17) is 33.2 Å². The molecule has 0 amide bonds. The lowest BCUT2D eigenvalue weighted by Crippen LogP contribution is -2.51. The van der Waals surface area contributed by atoms with Crippen LogP contribution in [-0.4, -0.2) is 78.3 Å². The number of aromatic nitrogens is 1. The predicted octanol–water partition coefficient (Wildman–Crippen LogP) is 6.62. The van der Waals surface area contributed by atoms with E-state index in [9.17, 15) is 0 Å². The standard InChI is InChI=1S/C35H43N3O7.3ClH/c1-39-29-18-25(19-30(40-2)33(29)43-5)28-17-24(9-14-36-28)22-45-27-10-15-38(16-11-27)23-35(12-7-8-13-37-35)26-20-31(41-3)34(44-6)32(21-26)42-4;;;/h7-9,12-14,17-21,27,37H,10-11,15-16,22-23H2,1-6H3;3*1H. The average Bonchev–Trinajstić information content (AvgIpc) is 3.10. The molecule has 3 heterocycles. The van der Waals surface area contributed by atoms with Gasteiger partial charge in [-0.3, -0.25) is 4.98 Å². The molecule has 0 aliphatic carbocycles. The van der Waals surface area contributed by atoms with Crippen LogP contribution >= 0.6 is 37.2 Å². The molecule has 0 radical (unpaired) electrons. The zero-order chi connectivity index (χ0) is 31.8. The second-order valence-corrected chi connectivity index (χ2v) is 11.0. The summed E-state index contributed by atoms with van der Waals surface area (Å²) in [6.07, 6.45) is 12.1. The van der Waals surface area contributed by atoms with Crippen molar-refractivity contribution in [3.63, 3.8) is 0 Å². The first-order chi connectivity index (χ1) is 22.0. The molecule has 264 valence electrons. The Kier molecular flexibility index (Phi) is 16.0. The van der Waals surface area contributed by atoms with Crippen LogP contribution in [0.2, 0.25) is 0 Å². The van der Waals surface area contributed by atoms with Gasteiger partial charge in [-0.1, -0.05) is 12.2 Å². The van der Waals surface area contributed by atoms with Crippen molar-refractivity contribution in [2.24, 2.45) is 0 Å². The first kappa shape index (κ1) is 40.6. The number of piperidine rings is 1. The first-order valence-corrected chi connectivity index (χ1v) is 15.0. The summed E-state index contributed by atoms with van der Waals surface area (Å²) in [5, 5.41) is 3.61. The number of pyridine rings is 1. The molecule has 1 fully saturated rings. The maximum absolute atomic E-state index is 6.41. The van der Waals surface area contributed by atoms with Gasteiger partial charge in [-0.25, -0.2) is 0 Å². The number of likely N-dealkylation sites (tertiary alicyclic amines) is 1. The highest BCUT2D eigenvalue weighted by Gasteiger charge is 2.35. The van der Waals surface area contributed by atoms with Crippen molar-refractivity contribution in [1.29, 1.82) is 0 Å². The average molecular weight is 727 g/mol. The zero-order valence-electron chi connectivity index (χ0n) is 28.1. The lowest BCUT2D eigenvalue weighted by Gasteiger charge is -2.41. The summed E-state index contributed by atoms with van der Waals surface area (Å²) < 4.78 is 39.8. The van der Waals surface area contributed by atoms with E-state index in [0.29, 0.717) is 41.1 Å². The third kappa shape index (κ3) is 8.92. The van der Waals surface area contributed by atoms with Crippen LogP contribution in [0.15, 0.2) is 67.0 Å². The molecule has 5 rings (SSSR count). The molecule has 0 spiro atoms. The topological polar surface area (TPSA) is 92.8 Å². The normalized spacial score (nSPS) is 17.1. The summed E-state index contributed by atoms with van der Waals surface area (Å²) in [6.45, 7) is 3.13. The minimum atomic E-state index is -0.449. The Labute approximate surface area is 302 Å². The number of benzene rings is 2. The molecule has 48 heavy (non-hydrogen) atoms. The van der Waals surface area contributed by atoms with Gasteiger partial charge in [0, 0.05) is 31.4 Å². The molecular formula is C35H46Cl3N3O7. The van der Waals surface area contributed by atoms with E-state index in [0.717, 1.165) is 54.9 Å². The van der Waals surface area contributed by atoms with Crippen LogP contribution in [-0.2, 0) is 16.9 Å². The number of hydrogen-bond donors (Lipinski definition) is 1. The Bertz CT molecular complexity index is 1480. The van der Waals surface area contributed by atoms with Crippen LogP contribution in [0, 0.1) is 0 Å². The number of halogens is 3. The second-order valence-electron chi connectivity index (χ2n) is 11.0. The molecular weight excluding hydrogens is 681 g/mol. The molecule has 2 aliphatic rings. The van der Waals surface area contributed by atoms with E-state index >= 15 is 0 Å². The van der Waals surface area contributed by atoms with Gasteiger partial charge >= 0.3 is 0 Å². The van der Waals surface area contributed by atoms with Crippen LogP contribution in [0.1, 0.15) is 24.0 Å². The highest BCUT2D eigenvalue weighted by molar-refractivity contribution is 5.86. The van der Waals surface area contributed by atoms with Crippen molar-refractivity contribution in [2.75, 3.05) is 62.3 Å². The highest BCUT2D eigenvalue weighted by Crippen LogP contribution is 2.43. The fourth-order valence-corrected chi connectivity index (χ4v) is 5.98. The number of methoxy groups -OCH3 is 6. The second kappa shape index (κ2) is 18.9. The number of nitrogens with one attached hydrogen (secondary N) is 1. The van der Waals surface area contributed by atoms with Gasteiger partial charge in [0.1, 0.15) is 0 Å². The van der Waals surface area contributed by atoms with Gasteiger partial charge in [0.05, 0.1) is 66.6 Å². The molecule has 0 saturated carbocycles. The SMILES string of the molecule is COc1cc(-c2cc(COC3CCN(CC4(c5cc(OC)c(OC)c(OC)c5)C=CC=CN4)CC3)ccn2)cc(OC)c1OC.Cl.Cl.Cl. The van der Waals surface area contributed by atoms with E-state index < -0.39 is 5.54 Å². The monoisotopic (exact) mass is 725 g/mol. The number of ether oxygens (including phenoxy) is 7. The maximum Gasteiger partial charge on any atom is 0.203 e. The number of allylic oxidation sites excluding steroid dienone is 2. The molecule has 0 bridgehead atoms. The van der Waals surface area contributed by atoms with E-state index in [1.165, 1.54) is 0 Å². The minimum Gasteiger partial charge on any atom is -0.493 e. The zero-order valence-corrected chi connectivity index (χ0v) is 30.6. The Balaban J connectivity index is 0.00000267. The third-order valence-corrected chi connectivity index (χ3v) is 8.39. The molecule has 10 nitrogen and oxygen atoms in total. The quantitative estimate of drug-likeness (QED) is 0.207. The molecule has 1 unspecified atom stereocenters. The number of rotatable bonds is 13. The van der Waals surface area contributed by atoms with E-state index in [2.05, 4.69) is 27.4 Å². The molecule has 3 aromatic rings. The summed E-state index contributed by atoms with van der Waals surface area (Å²) in [5.41, 5.74) is 3.33. The number of hydrogen-bond acceptors (Lipinski definition) is 10. The van der Waals surface area contributed by atoms with Crippen molar-refractivity contribution >= 4 is 37.2 Å². The fourth-order valence-electron chi connectivity index (χ4n) is 5.98. The van der Waals surface area contributed by atoms with E-state index in [1.807, 2.05) is 54.9 Å². The van der Waals surface area contributed by atoms with Gasteiger partial charge < -0.3 is 43.4 Å². The first-order valence-electron chi connectivity index (χ1n) is 15.0. The third-order valence-electron chi connectivity index (χ3n) is 8.39. The number of dihydropyridines is 1. The fraction of sp³-hybridized carbons (Fsp3) is 0.400. The molecule has 13 heteroatoms. The Morgan fingerprint density at radius 3 is 1.81 bits per heavy atom. The van der Waals surface area contributed by atoms with Crippen molar-refractivity contribution in [3.8, 4) is 45.8 Å². The molecule has 1 aromatic heterocycles. The molecule has 2 aliphatic heterocycles. The smallest absolute Gasteiger partial charge is 0.203 e. The largest absolute Gasteiger partial charge is 0.493 e. The van der Waals surface area contributed by atoms with Crippen molar-refractivity contribution in [1.82, 2.24) is 15.2 Å². The van der Waals surface area contributed by atoms with E-state index in [1.54, 1.807) is 42.7 Å². The van der Waals surface area contributed by atoms with Crippen LogP contribution < -0.4 is 33.7 Å². The van der Waals surface area contributed by atoms with Gasteiger partial charge in [-0.2, -0.15) is 0 Å². The molecule has 1 atom stereocenters. The Morgan fingerprint density at radius 2 is 1.31 bits per heavy atom. The molecule has 1 N–H and O–H groups in total. The lowest BCUT2D eigenvalue weighted by molar-refractivity contribution is -0.00578. The van der Waals surface area contributed by atoms with Crippen LogP contribution in [0.5, 0.6) is 34.5 Å². The summed E-state index contributed by atoms with van der Waals surface area (Å²) in [5.74, 6) is 3.57. The molecule has 1 saturated heterocycles. The highest BCUT2D eigenvalue weighted by atomic mass is 35.5. The summed E-state index contributed by atoms with van der Waals surface area (Å²) in [4.78, 5) is 7.07. The van der Waals surface area contributed by atoms with Gasteiger partial charge in [-0.05, 0) is 72.6 Å². The van der Waals surface area contributed by atoms with Gasteiger partial charge in [0.2, 0.25) is 11.5 Å². The summed E-state index contributed by atoms with van der Waals surface area (Å²) >= 11 is 0. The van der Waals surface area contributed by atoms with Crippen LogP contribution in [0.4, 0.5) is 0 Å². The lowest BCUT2D eigenvalue weighted by atomic mass is 9.86. The van der Waals surface area contributed by atoms with Gasteiger partial charge in [0.25, 0.3) is 0 Å². The Morgan fingerprint density at radius 1 is 0.750 bits per heavy atom. The van der Waals surface area contributed by atoms with Gasteiger partial charge in [-0.15, -0.1) is 37.2 Å². The predicted molar refractivity (Wildman–Crippen MR) is 195 cm³/mol. The van der Waals surface area contributed by atoms with Crippen molar-refractivity contribution in [2.45, 2.75) is 31.1 Å².